The van der Waals surface area contributed by atoms with Gasteiger partial charge in [0.25, 0.3) is 0 Å². The van der Waals surface area contributed by atoms with E-state index in [0.717, 1.165) is 51.6 Å². The number of pyridine rings is 1. The van der Waals surface area contributed by atoms with Crippen molar-refractivity contribution < 1.29 is 4.79 Å². The summed E-state index contributed by atoms with van der Waals surface area (Å²) >= 11 is 5.52. The van der Waals surface area contributed by atoms with E-state index in [-0.39, 0.29) is 11.9 Å². The third-order valence-corrected chi connectivity index (χ3v) is 5.68. The molecule has 0 saturated heterocycles. The van der Waals surface area contributed by atoms with E-state index in [1.807, 2.05) is 30.5 Å². The Morgan fingerprint density at radius 2 is 2.13 bits per heavy atom. The Labute approximate surface area is 177 Å². The Kier molecular flexibility index (Phi) is 4.59. The van der Waals surface area contributed by atoms with E-state index in [2.05, 4.69) is 30.9 Å². The normalized spacial score (nSPS) is 16.2. The molecule has 0 radical (unpaired) electrons. The second-order valence-electron chi connectivity index (χ2n) is 7.34. The van der Waals surface area contributed by atoms with Crippen LogP contribution in [-0.2, 0) is 17.8 Å². The second kappa shape index (κ2) is 7.42. The first-order valence-electron chi connectivity index (χ1n) is 9.69. The van der Waals surface area contributed by atoms with Gasteiger partial charge in [-0.05, 0) is 25.0 Å². The highest BCUT2D eigenvalue weighted by atomic mass is 35.5. The summed E-state index contributed by atoms with van der Waals surface area (Å²) in [5, 5.41) is 4.89. The molecule has 1 aliphatic rings. The van der Waals surface area contributed by atoms with Gasteiger partial charge in [-0.25, -0.2) is 9.97 Å². The van der Waals surface area contributed by atoms with Crippen molar-refractivity contribution >= 4 is 45.3 Å². The molecule has 1 amide bonds. The number of halogens is 1. The lowest BCUT2D eigenvalue weighted by atomic mass is 9.97. The lowest BCUT2D eigenvalue weighted by molar-refractivity contribution is -0.117. The van der Waals surface area contributed by atoms with Gasteiger partial charge in [0.05, 0.1) is 10.9 Å². The molecule has 5 rings (SSSR count). The topological polar surface area (TPSA) is 98.7 Å². The number of nitrogens with zero attached hydrogens (tertiary/aromatic N) is 4. The van der Waals surface area contributed by atoms with Crippen molar-refractivity contribution in [2.24, 2.45) is 0 Å². The monoisotopic (exact) mass is 418 g/mol. The number of hydrogen-bond donors (Lipinski definition) is 2. The van der Waals surface area contributed by atoms with Crippen LogP contribution in [0.25, 0.3) is 33.1 Å². The molecule has 8 heteroatoms. The highest BCUT2D eigenvalue weighted by molar-refractivity contribution is 6.26. The minimum absolute atomic E-state index is 0.0211. The van der Waals surface area contributed by atoms with Crippen LogP contribution < -0.4 is 11.1 Å². The Hall–Kier alpha value is -3.45. The van der Waals surface area contributed by atoms with Gasteiger partial charge in [-0.2, -0.15) is 0 Å². The fraction of sp³-hybridized carbons (Fsp3) is 0.182. The molecule has 30 heavy (non-hydrogen) atoms. The zero-order chi connectivity index (χ0) is 20.7. The van der Waals surface area contributed by atoms with Crippen LogP contribution in [0.2, 0.25) is 0 Å². The van der Waals surface area contributed by atoms with E-state index < -0.39 is 0 Å². The second-order valence-corrected chi connectivity index (χ2v) is 7.60. The van der Waals surface area contributed by atoms with Crippen LogP contribution in [0.4, 0.5) is 5.82 Å². The fourth-order valence-corrected chi connectivity index (χ4v) is 4.38. The van der Waals surface area contributed by atoms with Crippen LogP contribution in [0.3, 0.4) is 0 Å². The van der Waals surface area contributed by atoms with E-state index in [4.69, 9.17) is 17.3 Å². The molecule has 1 aliphatic heterocycles. The van der Waals surface area contributed by atoms with Gasteiger partial charge >= 0.3 is 0 Å². The van der Waals surface area contributed by atoms with Crippen molar-refractivity contribution in [3.8, 4) is 11.1 Å². The van der Waals surface area contributed by atoms with Crippen LogP contribution >= 0.6 is 11.6 Å². The van der Waals surface area contributed by atoms with Crippen molar-refractivity contribution in [2.75, 3.05) is 5.73 Å². The Balaban J connectivity index is 1.66. The largest absolute Gasteiger partial charge is 0.383 e. The number of nitrogens with two attached hydrogens (primary N) is 1. The smallest absolute Gasteiger partial charge is 0.245 e. The Bertz CT molecular complexity index is 1310. The van der Waals surface area contributed by atoms with Crippen molar-refractivity contribution in [2.45, 2.75) is 25.4 Å². The molecule has 0 unspecified atom stereocenters. The summed E-state index contributed by atoms with van der Waals surface area (Å²) in [7, 11) is 0. The number of amides is 1. The van der Waals surface area contributed by atoms with Gasteiger partial charge < -0.3 is 15.6 Å². The van der Waals surface area contributed by atoms with E-state index in [9.17, 15) is 4.79 Å². The van der Waals surface area contributed by atoms with Gasteiger partial charge in [-0.3, -0.25) is 9.78 Å². The van der Waals surface area contributed by atoms with Gasteiger partial charge in [-0.15, -0.1) is 0 Å². The number of hydrogen-bond acceptors (Lipinski definition) is 5. The van der Waals surface area contributed by atoms with Crippen LogP contribution in [-0.4, -0.2) is 31.5 Å². The quantitative estimate of drug-likeness (QED) is 0.497. The summed E-state index contributed by atoms with van der Waals surface area (Å²) in [6.07, 6.45) is 6.25. The molecule has 0 bridgehead atoms. The summed E-state index contributed by atoms with van der Waals surface area (Å²) in [6, 6.07) is 10.1. The van der Waals surface area contributed by atoms with Gasteiger partial charge in [0, 0.05) is 52.6 Å². The average Bonchev–Trinajstić information content (AvgIpc) is 3.09. The predicted molar refractivity (Wildman–Crippen MR) is 118 cm³/mol. The van der Waals surface area contributed by atoms with E-state index in [1.54, 1.807) is 0 Å². The maximum absolute atomic E-state index is 11.9. The van der Waals surface area contributed by atoms with Crippen molar-refractivity contribution in [3.63, 3.8) is 0 Å². The lowest BCUT2D eigenvalue weighted by Crippen LogP contribution is -2.40. The number of benzene rings is 1. The van der Waals surface area contributed by atoms with Gasteiger partial charge in [0.2, 0.25) is 5.91 Å². The lowest BCUT2D eigenvalue weighted by Gasteiger charge is -2.26. The number of aromatic nitrogens is 4. The Morgan fingerprint density at radius 3 is 3.00 bits per heavy atom. The van der Waals surface area contributed by atoms with Crippen molar-refractivity contribution in [1.82, 2.24) is 24.8 Å². The van der Waals surface area contributed by atoms with E-state index in [0.29, 0.717) is 12.4 Å². The zero-order valence-corrected chi connectivity index (χ0v) is 16.8. The molecular weight excluding hydrogens is 400 g/mol. The summed E-state index contributed by atoms with van der Waals surface area (Å²) in [4.78, 5) is 25.3. The van der Waals surface area contributed by atoms with Crippen LogP contribution in [0, 0.1) is 0 Å². The first kappa shape index (κ1) is 18.6. The summed E-state index contributed by atoms with van der Waals surface area (Å²) < 4.78 is 2.14. The molecule has 4 heterocycles. The molecule has 0 aliphatic carbocycles. The number of rotatable bonds is 3. The number of nitrogen functional groups attached to an aromatic ring is 1. The maximum atomic E-state index is 11.9. The number of carbonyl (C=O) groups excluding carboxylic acids is 1. The van der Waals surface area contributed by atoms with Crippen LogP contribution in [0.15, 0.2) is 54.5 Å². The molecule has 0 spiro atoms. The third-order valence-electron chi connectivity index (χ3n) is 5.55. The third kappa shape index (κ3) is 3.07. The standard InChI is InChI=1S/C22H19ClN6O/c23-8-7-18(30)28-15-5-6-17-19(14-9-13-3-1-2-4-16(13)25-10-14)20-21(24)26-12-27-22(20)29(17)11-15/h1-4,7-10,12,15H,5-6,11H2,(H,28,30)(H2,24,26,27)/b8-7-/t15-/m0/s1. The first-order valence-corrected chi connectivity index (χ1v) is 10.1. The van der Waals surface area contributed by atoms with E-state index >= 15 is 0 Å². The van der Waals surface area contributed by atoms with Crippen molar-refractivity contribution in [3.05, 3.63) is 60.2 Å². The maximum Gasteiger partial charge on any atom is 0.245 e. The fourth-order valence-electron chi connectivity index (χ4n) is 4.26. The van der Waals surface area contributed by atoms with Gasteiger partial charge in [0.15, 0.2) is 0 Å². The molecule has 7 nitrogen and oxygen atoms in total. The predicted octanol–water partition coefficient (Wildman–Crippen LogP) is 3.41. The summed E-state index contributed by atoms with van der Waals surface area (Å²) in [5.74, 6) is 0.235. The average molecular weight is 419 g/mol. The number of anilines is 1. The Morgan fingerprint density at radius 1 is 1.27 bits per heavy atom. The number of para-hydroxylation sites is 1. The zero-order valence-electron chi connectivity index (χ0n) is 16.0. The highest BCUT2D eigenvalue weighted by Crippen LogP contribution is 2.39. The molecule has 3 N–H and O–H groups in total. The molecule has 4 aromatic rings. The molecule has 1 atom stereocenters. The SMILES string of the molecule is Nc1ncnc2c1c(-c1cnc3ccccc3c1)c1n2C[C@@H](NC(=O)/C=C\Cl)CC1. The van der Waals surface area contributed by atoms with Crippen LogP contribution in [0.1, 0.15) is 12.1 Å². The van der Waals surface area contributed by atoms with Crippen LogP contribution in [0.5, 0.6) is 0 Å². The van der Waals surface area contributed by atoms with E-state index in [1.165, 1.54) is 17.9 Å². The highest BCUT2D eigenvalue weighted by Gasteiger charge is 2.28. The molecular formula is C22H19ClN6O. The number of nitrogens with one attached hydrogen (secondary N) is 1. The molecule has 0 fully saturated rings. The van der Waals surface area contributed by atoms with Gasteiger partial charge in [-0.1, -0.05) is 29.8 Å². The molecule has 150 valence electrons. The number of fused-ring (bicyclic) bond motifs is 4. The van der Waals surface area contributed by atoms with Crippen molar-refractivity contribution in [1.29, 1.82) is 0 Å². The minimum atomic E-state index is -0.206. The minimum Gasteiger partial charge on any atom is -0.383 e. The summed E-state index contributed by atoms with van der Waals surface area (Å²) in [6.45, 7) is 0.602. The summed E-state index contributed by atoms with van der Waals surface area (Å²) in [5.41, 5.74) is 12.4. The first-order chi connectivity index (χ1) is 14.7. The molecule has 1 aromatic carbocycles. The number of carbonyl (C=O) groups is 1. The van der Waals surface area contributed by atoms with Gasteiger partial charge in [0.1, 0.15) is 17.8 Å². The molecule has 0 saturated carbocycles. The molecule has 3 aromatic heterocycles.